The summed E-state index contributed by atoms with van der Waals surface area (Å²) in [7, 11) is 0. The summed E-state index contributed by atoms with van der Waals surface area (Å²) in [5.41, 5.74) is 1.67. The Hall–Kier alpha value is -2.26. The van der Waals surface area contributed by atoms with Crippen molar-refractivity contribution in [2.75, 3.05) is 5.32 Å². The van der Waals surface area contributed by atoms with Gasteiger partial charge in [-0.3, -0.25) is 4.79 Å². The minimum absolute atomic E-state index is 0.0458. The van der Waals surface area contributed by atoms with E-state index in [1.807, 2.05) is 0 Å². The standard InChI is InChI=1S/C19H14BrF2N3O2S/c20-8-3-4-12(26)10(5-8)17-24-14-13-9(7-1-2-7)6-11(16(21)22)23-19(13)28-15(14)18(27)25-17/h3-7,16-17,24,26H,1-2H2,(H,25,27). The lowest BCUT2D eigenvalue weighted by atomic mass is 10.0. The smallest absolute Gasteiger partial charge is 0.280 e. The van der Waals surface area contributed by atoms with E-state index in [4.69, 9.17) is 0 Å². The molecule has 0 saturated heterocycles. The summed E-state index contributed by atoms with van der Waals surface area (Å²) in [5, 5.41) is 17.1. The molecule has 5 rings (SSSR count). The van der Waals surface area contributed by atoms with Gasteiger partial charge >= 0.3 is 0 Å². The minimum Gasteiger partial charge on any atom is -0.508 e. The number of hydrogen-bond acceptors (Lipinski definition) is 5. The number of hydrogen-bond donors (Lipinski definition) is 3. The summed E-state index contributed by atoms with van der Waals surface area (Å²) in [6, 6.07) is 6.44. The molecule has 0 radical (unpaired) electrons. The van der Waals surface area contributed by atoms with Crippen molar-refractivity contribution < 1.29 is 18.7 Å². The number of nitrogens with one attached hydrogen (secondary N) is 2. The maximum atomic E-state index is 13.3. The number of rotatable bonds is 3. The van der Waals surface area contributed by atoms with Crippen molar-refractivity contribution >= 4 is 49.1 Å². The van der Waals surface area contributed by atoms with E-state index in [1.165, 1.54) is 6.07 Å². The lowest BCUT2D eigenvalue weighted by Gasteiger charge is -2.27. The monoisotopic (exact) mass is 465 g/mol. The molecule has 1 fully saturated rings. The summed E-state index contributed by atoms with van der Waals surface area (Å²) < 4.78 is 27.4. The van der Waals surface area contributed by atoms with Crippen LogP contribution >= 0.6 is 27.3 Å². The van der Waals surface area contributed by atoms with E-state index in [0.29, 0.717) is 21.0 Å². The highest BCUT2D eigenvalue weighted by molar-refractivity contribution is 9.10. The first-order valence-electron chi connectivity index (χ1n) is 8.73. The largest absolute Gasteiger partial charge is 0.508 e. The number of benzene rings is 1. The van der Waals surface area contributed by atoms with E-state index in [-0.39, 0.29) is 23.3 Å². The number of anilines is 1. The molecule has 3 aromatic rings. The van der Waals surface area contributed by atoms with Gasteiger partial charge in [-0.15, -0.1) is 11.3 Å². The van der Waals surface area contributed by atoms with Crippen LogP contribution in [-0.2, 0) is 0 Å². The van der Waals surface area contributed by atoms with Crippen LogP contribution < -0.4 is 10.6 Å². The summed E-state index contributed by atoms with van der Waals surface area (Å²) in [4.78, 5) is 17.7. The summed E-state index contributed by atoms with van der Waals surface area (Å²) in [5.74, 6) is -0.0582. The van der Waals surface area contributed by atoms with Crippen LogP contribution in [0.5, 0.6) is 5.75 Å². The molecule has 1 amide bonds. The zero-order valence-electron chi connectivity index (χ0n) is 14.3. The number of carbonyl (C=O) groups is 1. The van der Waals surface area contributed by atoms with E-state index in [1.54, 1.807) is 18.2 Å². The molecule has 28 heavy (non-hydrogen) atoms. The Balaban J connectivity index is 1.67. The number of alkyl halides is 2. The highest BCUT2D eigenvalue weighted by Crippen LogP contribution is 2.50. The second-order valence-electron chi connectivity index (χ2n) is 6.95. The first-order chi connectivity index (χ1) is 13.4. The molecule has 2 aromatic heterocycles. The van der Waals surface area contributed by atoms with Crippen molar-refractivity contribution in [3.05, 3.63) is 50.4 Å². The Morgan fingerprint density at radius 3 is 2.71 bits per heavy atom. The topological polar surface area (TPSA) is 74.2 Å². The number of phenolic OH excluding ortho intramolecular Hbond substituents is 1. The molecule has 1 saturated carbocycles. The van der Waals surface area contributed by atoms with Gasteiger partial charge in [-0.2, -0.15) is 0 Å². The number of aromatic hydroxyl groups is 1. The third kappa shape index (κ3) is 2.84. The van der Waals surface area contributed by atoms with Crippen molar-refractivity contribution in [2.45, 2.75) is 31.4 Å². The molecule has 2 aliphatic rings. The van der Waals surface area contributed by atoms with Crippen LogP contribution in [0.2, 0.25) is 0 Å². The van der Waals surface area contributed by atoms with Crippen molar-refractivity contribution in [2.24, 2.45) is 0 Å². The lowest BCUT2D eigenvalue weighted by molar-refractivity contribution is 0.0940. The highest BCUT2D eigenvalue weighted by Gasteiger charge is 2.35. The zero-order chi connectivity index (χ0) is 19.6. The molecule has 1 atom stereocenters. The summed E-state index contributed by atoms with van der Waals surface area (Å²) in [6.07, 6.45) is -1.42. The number of aromatic nitrogens is 1. The molecule has 9 heteroatoms. The van der Waals surface area contributed by atoms with Gasteiger partial charge in [-0.05, 0) is 48.6 Å². The molecule has 1 aliphatic carbocycles. The van der Waals surface area contributed by atoms with Gasteiger partial charge < -0.3 is 15.7 Å². The van der Waals surface area contributed by atoms with E-state index in [9.17, 15) is 18.7 Å². The Morgan fingerprint density at radius 2 is 2.00 bits per heavy atom. The number of phenols is 1. The number of amides is 1. The average molecular weight is 466 g/mol. The van der Waals surface area contributed by atoms with E-state index < -0.39 is 12.6 Å². The van der Waals surface area contributed by atoms with Crippen LogP contribution in [0.3, 0.4) is 0 Å². The van der Waals surface area contributed by atoms with Gasteiger partial charge in [0.05, 0.1) is 5.69 Å². The Bertz CT molecular complexity index is 1130. The van der Waals surface area contributed by atoms with E-state index in [2.05, 4.69) is 31.5 Å². The van der Waals surface area contributed by atoms with Crippen LogP contribution in [0.4, 0.5) is 14.5 Å². The summed E-state index contributed by atoms with van der Waals surface area (Å²) in [6.45, 7) is 0. The molecule has 0 bridgehead atoms. The fourth-order valence-electron chi connectivity index (χ4n) is 3.56. The van der Waals surface area contributed by atoms with Crippen LogP contribution in [0.25, 0.3) is 10.2 Å². The van der Waals surface area contributed by atoms with E-state index in [0.717, 1.165) is 39.6 Å². The molecular weight excluding hydrogens is 452 g/mol. The highest BCUT2D eigenvalue weighted by atomic mass is 79.9. The minimum atomic E-state index is -2.66. The van der Waals surface area contributed by atoms with Crippen LogP contribution in [0.15, 0.2) is 28.7 Å². The molecular formula is C19H14BrF2N3O2S. The fraction of sp³-hybridized carbons (Fsp3) is 0.263. The third-order valence-electron chi connectivity index (χ3n) is 5.02. The van der Waals surface area contributed by atoms with Crippen molar-refractivity contribution in [3.63, 3.8) is 0 Å². The number of halogens is 3. The molecule has 0 spiro atoms. The second-order valence-corrected chi connectivity index (χ2v) is 8.87. The maximum Gasteiger partial charge on any atom is 0.280 e. The van der Waals surface area contributed by atoms with Gasteiger partial charge in [0.15, 0.2) is 0 Å². The van der Waals surface area contributed by atoms with Gasteiger partial charge in [0.2, 0.25) is 0 Å². The molecule has 1 unspecified atom stereocenters. The first kappa shape index (κ1) is 17.8. The number of carbonyl (C=O) groups excluding carboxylic acids is 1. The summed E-state index contributed by atoms with van der Waals surface area (Å²) >= 11 is 4.48. The van der Waals surface area contributed by atoms with Crippen molar-refractivity contribution in [3.8, 4) is 5.75 Å². The number of fused-ring (bicyclic) bond motifs is 3. The zero-order valence-corrected chi connectivity index (χ0v) is 16.7. The number of pyridine rings is 1. The fourth-order valence-corrected chi connectivity index (χ4v) is 5.02. The van der Waals surface area contributed by atoms with Crippen LogP contribution in [0.1, 0.15) is 57.8 Å². The molecule has 1 aromatic carbocycles. The predicted molar refractivity (Wildman–Crippen MR) is 106 cm³/mol. The maximum absolute atomic E-state index is 13.3. The molecule has 5 nitrogen and oxygen atoms in total. The first-order valence-corrected chi connectivity index (χ1v) is 10.3. The molecule has 1 aliphatic heterocycles. The quantitative estimate of drug-likeness (QED) is 0.481. The average Bonchev–Trinajstić information content (AvgIpc) is 3.43. The normalized spacial score (nSPS) is 18.9. The predicted octanol–water partition coefficient (Wildman–Crippen LogP) is 5.43. The van der Waals surface area contributed by atoms with Gasteiger partial charge in [0, 0.05) is 15.4 Å². The third-order valence-corrected chi connectivity index (χ3v) is 6.60. The Kier molecular flexibility index (Phi) is 4.06. The Labute approximate surface area is 170 Å². The molecule has 144 valence electrons. The second kappa shape index (κ2) is 6.38. The van der Waals surface area contributed by atoms with Gasteiger partial charge in [-0.1, -0.05) is 15.9 Å². The van der Waals surface area contributed by atoms with Gasteiger partial charge in [0.25, 0.3) is 12.3 Å². The molecule has 3 heterocycles. The van der Waals surface area contributed by atoms with Gasteiger partial charge in [-0.25, -0.2) is 13.8 Å². The van der Waals surface area contributed by atoms with Crippen LogP contribution in [0, 0.1) is 0 Å². The van der Waals surface area contributed by atoms with Crippen molar-refractivity contribution in [1.29, 1.82) is 0 Å². The lowest BCUT2D eigenvalue weighted by Crippen LogP contribution is -2.37. The SMILES string of the molecule is O=C1NC(c2cc(Br)ccc2O)Nc2c1sc1nc(C(F)F)cc(C3CC3)c21. The van der Waals surface area contributed by atoms with E-state index >= 15 is 0 Å². The van der Waals surface area contributed by atoms with Crippen LogP contribution in [-0.4, -0.2) is 16.0 Å². The number of nitrogens with zero attached hydrogens (tertiary/aromatic N) is 1. The van der Waals surface area contributed by atoms with Crippen molar-refractivity contribution in [1.82, 2.24) is 10.3 Å². The number of thiophene rings is 1. The van der Waals surface area contributed by atoms with Gasteiger partial charge in [0.1, 0.15) is 27.3 Å². The Morgan fingerprint density at radius 1 is 1.21 bits per heavy atom. The molecule has 3 N–H and O–H groups in total.